The first-order chi connectivity index (χ1) is 19.9. The molecule has 2 spiro atoms. The number of phenolic OH excluding ortho intramolecular Hbond substituents is 1. The number of phenols is 1. The fraction of sp³-hybridized carbons (Fsp3) is 0.531. The standard InChI is InChI=1S/C32H33F3N2O5/c1-36(16-19-3-2-4-21(13-19)42-32(33,34)35)27(39)22-15-29-9-10-31(22,40)28-30(29)11-12-37(17-18-5-6-18)24(29)14-20-7-8-23(38)26(41-28)25(20)30/h2-4,7-8,13,15,18,24,28,38,40H,5-6,9-12,14,16-17H2,1H3/t24-,28-,29-,30+,31-/m1/s1. The number of amides is 1. The van der Waals surface area contributed by atoms with Crippen LogP contribution < -0.4 is 9.47 Å². The molecule has 2 heterocycles. The fourth-order valence-electron chi connectivity index (χ4n) is 9.19. The van der Waals surface area contributed by atoms with E-state index in [9.17, 15) is 28.2 Å². The van der Waals surface area contributed by atoms with Gasteiger partial charge in [-0.15, -0.1) is 13.2 Å². The SMILES string of the molecule is CN(Cc1cccc(OC(F)(F)F)c1)C(=O)C1=C[C@@]23CC[C@]1(O)[C@@H]1Oc4c(O)ccc5c4[C@@]12CCN(CC1CC1)[C@@H]3C5. The van der Waals surface area contributed by atoms with Crippen LogP contribution in [0, 0.1) is 11.3 Å². The van der Waals surface area contributed by atoms with E-state index in [0.717, 1.165) is 37.1 Å². The van der Waals surface area contributed by atoms with Gasteiger partial charge in [-0.1, -0.05) is 24.3 Å². The summed E-state index contributed by atoms with van der Waals surface area (Å²) in [4.78, 5) is 18.2. The number of ether oxygens (including phenoxy) is 2. The van der Waals surface area contributed by atoms with E-state index in [4.69, 9.17) is 4.74 Å². The Labute approximate surface area is 241 Å². The lowest BCUT2D eigenvalue weighted by Gasteiger charge is -2.70. The highest BCUT2D eigenvalue weighted by Gasteiger charge is 2.78. The number of rotatable bonds is 6. The van der Waals surface area contributed by atoms with Gasteiger partial charge in [-0.3, -0.25) is 9.69 Å². The maximum Gasteiger partial charge on any atom is 0.573 e. The molecule has 2 aromatic carbocycles. The molecule has 2 aromatic rings. The van der Waals surface area contributed by atoms with Crippen molar-refractivity contribution in [3.63, 3.8) is 0 Å². The summed E-state index contributed by atoms with van der Waals surface area (Å²) in [5.41, 5.74) is 0.347. The summed E-state index contributed by atoms with van der Waals surface area (Å²) in [6, 6.07) is 9.39. The van der Waals surface area contributed by atoms with Gasteiger partial charge in [0.2, 0.25) is 0 Å². The molecule has 3 fully saturated rings. The van der Waals surface area contributed by atoms with Crippen molar-refractivity contribution in [3.8, 4) is 17.2 Å². The fourth-order valence-corrected chi connectivity index (χ4v) is 9.19. The maximum atomic E-state index is 14.2. The van der Waals surface area contributed by atoms with Gasteiger partial charge in [0, 0.05) is 42.7 Å². The lowest BCUT2D eigenvalue weighted by Crippen LogP contribution is -2.78. The molecule has 1 amide bonds. The molecule has 4 bridgehead atoms. The van der Waals surface area contributed by atoms with Crippen LogP contribution in [0.5, 0.6) is 17.2 Å². The number of carbonyl (C=O) groups excluding carboxylic acids is 1. The van der Waals surface area contributed by atoms with Crippen LogP contribution in [0.4, 0.5) is 13.2 Å². The lowest BCUT2D eigenvalue weighted by molar-refractivity contribution is -0.274. The van der Waals surface area contributed by atoms with E-state index in [-0.39, 0.29) is 35.6 Å². The van der Waals surface area contributed by atoms with E-state index in [2.05, 4.69) is 9.64 Å². The summed E-state index contributed by atoms with van der Waals surface area (Å²) < 4.78 is 49.0. The summed E-state index contributed by atoms with van der Waals surface area (Å²) >= 11 is 0. The third-order valence-corrected chi connectivity index (χ3v) is 11.0. The van der Waals surface area contributed by atoms with Crippen molar-refractivity contribution in [2.24, 2.45) is 11.3 Å². The van der Waals surface area contributed by atoms with Gasteiger partial charge in [-0.25, -0.2) is 0 Å². The van der Waals surface area contributed by atoms with Gasteiger partial charge in [0.25, 0.3) is 5.91 Å². The predicted octanol–water partition coefficient (Wildman–Crippen LogP) is 4.44. The molecule has 9 rings (SSSR count). The monoisotopic (exact) mass is 582 g/mol. The summed E-state index contributed by atoms with van der Waals surface area (Å²) in [6.07, 6.45) is 1.61. The first kappa shape index (κ1) is 26.4. The number of fused-ring (bicyclic) bond motifs is 1. The van der Waals surface area contributed by atoms with Gasteiger partial charge in [0.05, 0.1) is 5.41 Å². The zero-order chi connectivity index (χ0) is 29.2. The Hall–Kier alpha value is -3.24. The molecule has 5 atom stereocenters. The van der Waals surface area contributed by atoms with Crippen molar-refractivity contribution in [2.45, 2.75) is 74.6 Å². The molecule has 222 valence electrons. The van der Waals surface area contributed by atoms with Crippen molar-refractivity contribution in [1.29, 1.82) is 0 Å². The number of nitrogens with zero attached hydrogens (tertiary/aromatic N) is 2. The first-order valence-corrected chi connectivity index (χ1v) is 14.8. The van der Waals surface area contributed by atoms with Gasteiger partial charge < -0.3 is 24.6 Å². The molecular weight excluding hydrogens is 549 g/mol. The number of likely N-dealkylation sites (N-methyl/N-ethyl adjacent to an activating group) is 1. The molecule has 0 aromatic heterocycles. The van der Waals surface area contributed by atoms with Crippen molar-refractivity contribution in [2.75, 3.05) is 20.1 Å². The van der Waals surface area contributed by atoms with Gasteiger partial charge in [0.1, 0.15) is 17.5 Å². The maximum absolute atomic E-state index is 14.2. The number of aliphatic hydroxyl groups is 1. The van der Waals surface area contributed by atoms with Crippen LogP contribution in [-0.4, -0.2) is 70.2 Å². The first-order valence-electron chi connectivity index (χ1n) is 14.8. The largest absolute Gasteiger partial charge is 0.573 e. The predicted molar refractivity (Wildman–Crippen MR) is 145 cm³/mol. The number of alkyl halides is 3. The Morgan fingerprint density at radius 2 is 2.00 bits per heavy atom. The highest BCUT2D eigenvalue weighted by atomic mass is 19.4. The van der Waals surface area contributed by atoms with E-state index in [1.165, 1.54) is 35.9 Å². The van der Waals surface area contributed by atoms with E-state index in [1.54, 1.807) is 19.2 Å². The molecule has 42 heavy (non-hydrogen) atoms. The molecule has 2 aliphatic heterocycles. The van der Waals surface area contributed by atoms with Gasteiger partial charge in [-0.05, 0) is 80.3 Å². The molecule has 2 N–H and O–H groups in total. The van der Waals surface area contributed by atoms with Crippen molar-refractivity contribution >= 4 is 5.91 Å². The van der Waals surface area contributed by atoms with Crippen molar-refractivity contribution in [1.82, 2.24) is 9.80 Å². The molecule has 0 unspecified atom stereocenters. The highest BCUT2D eigenvalue weighted by Crippen LogP contribution is 2.74. The Morgan fingerprint density at radius 1 is 1.19 bits per heavy atom. The molecule has 0 radical (unpaired) electrons. The second-order valence-electron chi connectivity index (χ2n) is 13.2. The third-order valence-electron chi connectivity index (χ3n) is 11.0. The molecule has 7 nitrogen and oxygen atoms in total. The number of hydrogen-bond acceptors (Lipinski definition) is 6. The number of halogens is 3. The minimum Gasteiger partial charge on any atom is -0.504 e. The average Bonchev–Trinajstić information content (AvgIpc) is 3.67. The van der Waals surface area contributed by atoms with Crippen LogP contribution in [0.2, 0.25) is 0 Å². The number of aromatic hydroxyl groups is 1. The zero-order valence-corrected chi connectivity index (χ0v) is 23.3. The Balaban J connectivity index is 1.19. The topological polar surface area (TPSA) is 82.5 Å². The summed E-state index contributed by atoms with van der Waals surface area (Å²) in [6.45, 7) is 1.93. The summed E-state index contributed by atoms with van der Waals surface area (Å²) in [5.74, 6) is 0.457. The van der Waals surface area contributed by atoms with E-state index >= 15 is 0 Å². The smallest absolute Gasteiger partial charge is 0.504 e. The molecular formula is C32H33F3N2O5. The number of piperidine rings is 1. The number of benzene rings is 2. The Kier molecular flexibility index (Phi) is 5.30. The number of likely N-dealkylation sites (tertiary alicyclic amines) is 1. The van der Waals surface area contributed by atoms with E-state index in [1.807, 2.05) is 12.1 Å². The normalized spacial score (nSPS) is 34.0. The number of hydrogen-bond donors (Lipinski definition) is 2. The minimum atomic E-state index is -4.82. The summed E-state index contributed by atoms with van der Waals surface area (Å²) in [5, 5.41) is 23.3. The van der Waals surface area contributed by atoms with E-state index < -0.39 is 28.9 Å². The van der Waals surface area contributed by atoms with Crippen LogP contribution >= 0.6 is 0 Å². The molecule has 10 heteroatoms. The molecule has 2 saturated carbocycles. The molecule has 1 saturated heterocycles. The highest BCUT2D eigenvalue weighted by molar-refractivity contribution is 5.97. The Morgan fingerprint density at radius 3 is 2.76 bits per heavy atom. The Bertz CT molecular complexity index is 1540. The van der Waals surface area contributed by atoms with Crippen LogP contribution in [0.1, 0.15) is 48.8 Å². The van der Waals surface area contributed by atoms with Gasteiger partial charge in [-0.2, -0.15) is 0 Å². The van der Waals surface area contributed by atoms with Gasteiger partial charge in [0.15, 0.2) is 11.5 Å². The quantitative estimate of drug-likeness (QED) is 0.525. The zero-order valence-electron chi connectivity index (χ0n) is 23.3. The lowest BCUT2D eigenvalue weighted by atomic mass is 9.38. The van der Waals surface area contributed by atoms with Crippen molar-refractivity contribution < 1.29 is 37.7 Å². The van der Waals surface area contributed by atoms with Crippen LogP contribution in [0.15, 0.2) is 48.0 Å². The van der Waals surface area contributed by atoms with Crippen LogP contribution in [-0.2, 0) is 23.2 Å². The van der Waals surface area contributed by atoms with Gasteiger partial charge >= 0.3 is 6.36 Å². The average molecular weight is 583 g/mol. The van der Waals surface area contributed by atoms with Crippen LogP contribution in [0.3, 0.4) is 0 Å². The number of carbonyl (C=O) groups is 1. The third kappa shape index (κ3) is 3.45. The molecule has 5 aliphatic carbocycles. The van der Waals surface area contributed by atoms with E-state index in [0.29, 0.717) is 30.1 Å². The minimum absolute atomic E-state index is 0.0351. The van der Waals surface area contributed by atoms with Crippen molar-refractivity contribution in [3.05, 3.63) is 64.7 Å². The second-order valence-corrected chi connectivity index (χ2v) is 13.2. The summed E-state index contributed by atoms with van der Waals surface area (Å²) in [7, 11) is 1.59. The molecule has 7 aliphatic rings. The van der Waals surface area contributed by atoms with Crippen LogP contribution in [0.25, 0.3) is 0 Å². The second kappa shape index (κ2) is 8.44.